The molecule has 7 N–H and O–H groups in total. The lowest BCUT2D eigenvalue weighted by molar-refractivity contribution is -0.886. The van der Waals surface area contributed by atoms with Crippen molar-refractivity contribution in [3.05, 3.63) is 22.5 Å². The second-order valence-corrected chi connectivity index (χ2v) is 11.2. The van der Waals surface area contributed by atoms with Crippen LogP contribution in [0.4, 0.5) is 9.93 Å². The molecule has 14 nitrogen and oxygen atoms in total. The van der Waals surface area contributed by atoms with Crippen molar-refractivity contribution in [2.75, 3.05) is 25.9 Å². The van der Waals surface area contributed by atoms with Crippen molar-refractivity contribution in [1.82, 2.24) is 15.2 Å². The number of primary amides is 1. The van der Waals surface area contributed by atoms with Gasteiger partial charge in [0.05, 0.1) is 18.8 Å². The summed E-state index contributed by atoms with van der Waals surface area (Å²) in [7, 11) is 1.87. The standard InChI is InChI=1S/C20H25N7O7S2/c1-8-14(27(2)5-3-4-9(27)6-34-20(22)32)13(18(30)31)26-16(29)12(17(26)36-8)24-15(28)11(25-33)10-7-35-19(21)23-10/h7-9,12,17H,3-6H2,1-2H3,(H6-,21,22,23,24,28,30,31,32,33)/p+1/t8?,9?,12?,17-,27?/m1/s1. The number of nitrogens with zero attached hydrogens (tertiary/aromatic N) is 4. The zero-order valence-electron chi connectivity index (χ0n) is 19.4. The van der Waals surface area contributed by atoms with E-state index in [1.807, 2.05) is 14.0 Å². The number of amides is 3. The van der Waals surface area contributed by atoms with Gasteiger partial charge in [-0.1, -0.05) is 5.16 Å². The lowest BCUT2D eigenvalue weighted by atomic mass is 10.0. The third-order valence-corrected chi connectivity index (χ3v) is 8.83. The van der Waals surface area contributed by atoms with E-state index in [1.165, 1.54) is 22.0 Å². The van der Waals surface area contributed by atoms with Gasteiger partial charge in [0.2, 0.25) is 0 Å². The Labute approximate surface area is 213 Å². The fourth-order valence-electron chi connectivity index (χ4n) is 5.12. The number of carboxylic acids is 1. The van der Waals surface area contributed by atoms with Crippen LogP contribution in [0.1, 0.15) is 25.5 Å². The number of thioether (sulfide) groups is 1. The van der Waals surface area contributed by atoms with E-state index in [9.17, 15) is 29.5 Å². The highest BCUT2D eigenvalue weighted by Gasteiger charge is 2.60. The third-order valence-electron chi connectivity index (χ3n) is 6.76. The molecule has 3 aliphatic rings. The van der Waals surface area contributed by atoms with Crippen molar-refractivity contribution in [2.45, 2.75) is 42.5 Å². The van der Waals surface area contributed by atoms with E-state index in [4.69, 9.17) is 16.2 Å². The summed E-state index contributed by atoms with van der Waals surface area (Å²) in [6.45, 7) is 2.47. The average Bonchev–Trinajstić information content (AvgIpc) is 3.41. The van der Waals surface area contributed by atoms with Gasteiger partial charge in [-0.05, 0) is 6.92 Å². The molecule has 0 radical (unpaired) electrons. The maximum atomic E-state index is 13.1. The van der Waals surface area contributed by atoms with Crippen molar-refractivity contribution in [3.8, 4) is 0 Å². The van der Waals surface area contributed by atoms with E-state index in [-0.39, 0.29) is 38.9 Å². The summed E-state index contributed by atoms with van der Waals surface area (Å²) in [6, 6.07) is -1.26. The molecular formula is C20H26N7O7S2+. The molecule has 0 aliphatic carbocycles. The largest absolute Gasteiger partial charge is 0.476 e. The fraction of sp³-hybridized carbons (Fsp3) is 0.500. The van der Waals surface area contributed by atoms with Gasteiger partial charge >= 0.3 is 12.1 Å². The highest BCUT2D eigenvalue weighted by molar-refractivity contribution is 8.00. The molecule has 4 unspecified atom stereocenters. The predicted octanol–water partition coefficient (Wildman–Crippen LogP) is -0.307. The lowest BCUT2D eigenvalue weighted by Gasteiger charge is -2.53. The Morgan fingerprint density at radius 1 is 1.42 bits per heavy atom. The molecule has 3 aliphatic heterocycles. The van der Waals surface area contributed by atoms with E-state index >= 15 is 0 Å². The zero-order valence-corrected chi connectivity index (χ0v) is 21.0. The number of aromatic nitrogens is 1. The smallest absolute Gasteiger partial charge is 0.404 e. The number of nitrogens with two attached hydrogens (primary N) is 2. The van der Waals surface area contributed by atoms with Crippen molar-refractivity contribution >= 4 is 57.8 Å². The molecule has 0 aromatic carbocycles. The Balaban J connectivity index is 1.61. The molecule has 5 atom stereocenters. The van der Waals surface area contributed by atoms with Gasteiger partial charge in [-0.3, -0.25) is 19.0 Å². The van der Waals surface area contributed by atoms with E-state index in [1.54, 1.807) is 0 Å². The predicted molar refractivity (Wildman–Crippen MR) is 129 cm³/mol. The SMILES string of the molecule is CC1S[C@@H]2C(NC(=O)C(=NO)c3csc(N)n3)C(=O)N2C(C(=O)O)=C1[N+]1(C)CCCC1COC(N)=O. The number of hydrogen-bond donors (Lipinski definition) is 5. The van der Waals surface area contributed by atoms with Crippen LogP contribution in [0.25, 0.3) is 0 Å². The summed E-state index contributed by atoms with van der Waals surface area (Å²) in [5.41, 5.74) is 10.7. The van der Waals surface area contributed by atoms with Crippen LogP contribution in [0, 0.1) is 0 Å². The second-order valence-electron chi connectivity index (χ2n) is 8.80. The summed E-state index contributed by atoms with van der Waals surface area (Å²) in [4.78, 5) is 54.6. The van der Waals surface area contributed by atoms with Gasteiger partial charge in [0.25, 0.3) is 11.8 Å². The van der Waals surface area contributed by atoms with Gasteiger partial charge in [-0.15, -0.1) is 23.1 Å². The topological polar surface area (TPSA) is 211 Å². The number of carbonyl (C=O) groups is 4. The van der Waals surface area contributed by atoms with Crippen LogP contribution in [0.5, 0.6) is 0 Å². The van der Waals surface area contributed by atoms with Crippen molar-refractivity contribution in [1.29, 1.82) is 0 Å². The number of nitrogen functional groups attached to an aromatic ring is 1. The molecule has 4 rings (SSSR count). The van der Waals surface area contributed by atoms with Crippen LogP contribution in [0.15, 0.2) is 21.9 Å². The third kappa shape index (κ3) is 4.24. The number of rotatable bonds is 7. The number of likely N-dealkylation sites (tertiary alicyclic amines) is 1. The summed E-state index contributed by atoms with van der Waals surface area (Å²) >= 11 is 2.39. The minimum Gasteiger partial charge on any atom is -0.476 e. The molecular weight excluding hydrogens is 514 g/mol. The number of hydrogen-bond acceptors (Lipinski definition) is 11. The molecule has 1 aromatic rings. The van der Waals surface area contributed by atoms with Crippen LogP contribution in [-0.4, -0.2) is 97.2 Å². The van der Waals surface area contributed by atoms with E-state index in [2.05, 4.69) is 15.5 Å². The Hall–Kier alpha value is -3.37. The summed E-state index contributed by atoms with van der Waals surface area (Å²) in [5.74, 6) is -2.71. The quantitative estimate of drug-likeness (QED) is 0.100. The number of anilines is 1. The van der Waals surface area contributed by atoms with Crippen LogP contribution in [0.3, 0.4) is 0 Å². The molecule has 1 aromatic heterocycles. The van der Waals surface area contributed by atoms with E-state index in [0.29, 0.717) is 18.7 Å². The van der Waals surface area contributed by atoms with Crippen LogP contribution in [-0.2, 0) is 19.1 Å². The molecule has 3 amide bonds. The Bertz CT molecular complexity index is 1180. The van der Waals surface area contributed by atoms with Gasteiger partial charge in [-0.2, -0.15) is 0 Å². The van der Waals surface area contributed by atoms with E-state index in [0.717, 1.165) is 17.8 Å². The fourth-order valence-corrected chi connectivity index (χ4v) is 7.24. The molecule has 16 heteroatoms. The molecule has 36 heavy (non-hydrogen) atoms. The van der Waals surface area contributed by atoms with Crippen LogP contribution < -0.4 is 16.8 Å². The first-order chi connectivity index (χ1) is 17.0. The highest BCUT2D eigenvalue weighted by atomic mass is 32.2. The first-order valence-corrected chi connectivity index (χ1v) is 12.8. The number of carbonyl (C=O) groups excluding carboxylic acids is 3. The number of aliphatic carboxylic acids is 1. The Kier molecular flexibility index (Phi) is 6.85. The average molecular weight is 541 g/mol. The van der Waals surface area contributed by atoms with Crippen LogP contribution >= 0.6 is 23.1 Å². The normalized spacial score (nSPS) is 30.0. The molecule has 0 bridgehead atoms. The molecule has 194 valence electrons. The minimum absolute atomic E-state index is 0.0279. The zero-order chi connectivity index (χ0) is 26.4. The number of likely N-dealkylation sites (N-methyl/N-ethyl adjacent to an activating group) is 1. The van der Waals surface area contributed by atoms with Crippen LogP contribution in [0.2, 0.25) is 0 Å². The maximum Gasteiger partial charge on any atom is 0.404 e. The molecule has 2 saturated heterocycles. The van der Waals surface area contributed by atoms with Gasteiger partial charge in [0, 0.05) is 18.2 Å². The number of carboxylic acid groups (broad SMARTS) is 1. The Morgan fingerprint density at radius 3 is 2.72 bits per heavy atom. The highest BCUT2D eigenvalue weighted by Crippen LogP contribution is 2.48. The first-order valence-electron chi connectivity index (χ1n) is 11.0. The lowest BCUT2D eigenvalue weighted by Crippen LogP contribution is -2.72. The van der Waals surface area contributed by atoms with Crippen molar-refractivity contribution in [3.63, 3.8) is 0 Å². The van der Waals surface area contributed by atoms with Gasteiger partial charge < -0.3 is 31.8 Å². The molecule has 0 spiro atoms. The summed E-state index contributed by atoms with van der Waals surface area (Å²) in [6.07, 6.45) is 0.560. The Morgan fingerprint density at radius 2 is 2.14 bits per heavy atom. The summed E-state index contributed by atoms with van der Waals surface area (Å²) < 4.78 is 5.23. The van der Waals surface area contributed by atoms with Crippen molar-refractivity contribution < 1.29 is 38.7 Å². The maximum absolute atomic E-state index is 13.1. The monoisotopic (exact) mass is 540 g/mol. The minimum atomic E-state index is -1.27. The molecule has 4 heterocycles. The number of β-lactam (4-membered cyclic amide) rings is 1. The van der Waals surface area contributed by atoms with Gasteiger partial charge in [0.1, 0.15) is 29.8 Å². The molecule has 2 fully saturated rings. The van der Waals surface area contributed by atoms with Gasteiger partial charge in [0.15, 0.2) is 22.2 Å². The second kappa shape index (κ2) is 9.59. The summed E-state index contributed by atoms with van der Waals surface area (Å²) in [5, 5.41) is 25.6. The van der Waals surface area contributed by atoms with E-state index < -0.39 is 41.0 Å². The number of thiazole rings is 1. The number of nitrogens with one attached hydrogen (secondary N) is 1. The number of fused-ring (bicyclic) bond motifs is 1. The number of quaternary nitrogens is 1. The first kappa shape index (κ1) is 25.7. The number of ether oxygens (including phenoxy) is 1. The number of oxime groups is 1. The molecule has 0 saturated carbocycles. The van der Waals surface area contributed by atoms with Gasteiger partial charge in [-0.25, -0.2) is 14.6 Å². The van der Waals surface area contributed by atoms with Crippen molar-refractivity contribution in [2.24, 2.45) is 10.9 Å².